The molecule has 0 aliphatic carbocycles. The van der Waals surface area contributed by atoms with Crippen molar-refractivity contribution in [2.75, 3.05) is 0 Å². The molecule has 0 aromatic carbocycles. The van der Waals surface area contributed by atoms with Gasteiger partial charge in [-0.25, -0.2) is 4.98 Å². The van der Waals surface area contributed by atoms with Crippen LogP contribution in [-0.2, 0) is 11.0 Å². The second kappa shape index (κ2) is 3.32. The SMILES string of the molecule is CC(C(N)=O)n1ccnc1C(F)(F)F. The fraction of sp³-hybridized carbons (Fsp3) is 0.429. The molecule has 1 rings (SSSR count). The lowest BCUT2D eigenvalue weighted by Crippen LogP contribution is -2.27. The lowest BCUT2D eigenvalue weighted by Gasteiger charge is -2.14. The van der Waals surface area contributed by atoms with Gasteiger partial charge in [-0.1, -0.05) is 0 Å². The van der Waals surface area contributed by atoms with E-state index in [0.717, 1.165) is 12.4 Å². The van der Waals surface area contributed by atoms with Crippen molar-refractivity contribution < 1.29 is 18.0 Å². The molecule has 0 saturated carbocycles. The Morgan fingerprint density at radius 2 is 2.21 bits per heavy atom. The number of primary amides is 1. The van der Waals surface area contributed by atoms with E-state index in [1.54, 1.807) is 0 Å². The molecule has 1 unspecified atom stereocenters. The summed E-state index contributed by atoms with van der Waals surface area (Å²) in [6.45, 7) is 1.28. The van der Waals surface area contributed by atoms with E-state index in [1.807, 2.05) is 0 Å². The van der Waals surface area contributed by atoms with Crippen LogP contribution in [0.2, 0.25) is 0 Å². The van der Waals surface area contributed by atoms with Crippen LogP contribution >= 0.6 is 0 Å². The number of nitrogens with zero attached hydrogens (tertiary/aromatic N) is 2. The van der Waals surface area contributed by atoms with Gasteiger partial charge in [-0.2, -0.15) is 13.2 Å². The molecule has 0 saturated heterocycles. The number of hydrogen-bond acceptors (Lipinski definition) is 2. The van der Waals surface area contributed by atoms with Gasteiger partial charge in [0.1, 0.15) is 6.04 Å². The summed E-state index contributed by atoms with van der Waals surface area (Å²) in [7, 11) is 0. The summed E-state index contributed by atoms with van der Waals surface area (Å²) >= 11 is 0. The zero-order chi connectivity index (χ0) is 10.9. The van der Waals surface area contributed by atoms with Gasteiger partial charge in [0.2, 0.25) is 11.7 Å². The molecular formula is C7H8F3N3O. The monoisotopic (exact) mass is 207 g/mol. The van der Waals surface area contributed by atoms with Gasteiger partial charge in [-0.05, 0) is 6.92 Å². The third-order valence-corrected chi connectivity index (χ3v) is 1.75. The van der Waals surface area contributed by atoms with Crippen molar-refractivity contribution in [2.45, 2.75) is 19.1 Å². The summed E-state index contributed by atoms with van der Waals surface area (Å²) in [5.74, 6) is -1.96. The predicted molar refractivity (Wildman–Crippen MR) is 41.1 cm³/mol. The van der Waals surface area contributed by atoms with E-state index in [4.69, 9.17) is 5.73 Å². The molecule has 78 valence electrons. The summed E-state index contributed by atoms with van der Waals surface area (Å²) in [6.07, 6.45) is -2.53. The molecule has 0 spiro atoms. The van der Waals surface area contributed by atoms with Crippen molar-refractivity contribution in [3.05, 3.63) is 18.2 Å². The average Bonchev–Trinajstić information content (AvgIpc) is 2.48. The second-order valence-electron chi connectivity index (χ2n) is 2.73. The fourth-order valence-electron chi connectivity index (χ4n) is 0.982. The highest BCUT2D eigenvalue weighted by molar-refractivity contribution is 5.77. The molecule has 1 aromatic heterocycles. The molecular weight excluding hydrogens is 199 g/mol. The minimum atomic E-state index is -4.58. The van der Waals surface area contributed by atoms with E-state index in [0.29, 0.717) is 4.57 Å². The van der Waals surface area contributed by atoms with E-state index in [2.05, 4.69) is 4.98 Å². The van der Waals surface area contributed by atoms with E-state index in [1.165, 1.54) is 6.92 Å². The Morgan fingerprint density at radius 3 is 2.64 bits per heavy atom. The van der Waals surface area contributed by atoms with Crippen LogP contribution in [0, 0.1) is 0 Å². The minimum absolute atomic E-state index is 0.697. The van der Waals surface area contributed by atoms with Crippen molar-refractivity contribution in [3.8, 4) is 0 Å². The van der Waals surface area contributed by atoms with Gasteiger partial charge in [-0.15, -0.1) is 0 Å². The van der Waals surface area contributed by atoms with Crippen LogP contribution in [0.15, 0.2) is 12.4 Å². The van der Waals surface area contributed by atoms with Crippen molar-refractivity contribution in [2.24, 2.45) is 5.73 Å². The molecule has 1 atom stereocenters. The van der Waals surface area contributed by atoms with Gasteiger partial charge in [0.05, 0.1) is 0 Å². The summed E-state index contributed by atoms with van der Waals surface area (Å²) in [5.41, 5.74) is 4.88. The predicted octanol–water partition coefficient (Wildman–Crippen LogP) is 0.948. The van der Waals surface area contributed by atoms with Crippen molar-refractivity contribution in [1.29, 1.82) is 0 Å². The first kappa shape index (κ1) is 10.6. The quantitative estimate of drug-likeness (QED) is 0.784. The number of alkyl halides is 3. The third kappa shape index (κ3) is 1.86. The zero-order valence-electron chi connectivity index (χ0n) is 7.25. The van der Waals surface area contributed by atoms with Crippen molar-refractivity contribution >= 4 is 5.91 Å². The number of halogens is 3. The lowest BCUT2D eigenvalue weighted by molar-refractivity contribution is -0.148. The number of carbonyl (C=O) groups excluding carboxylic acids is 1. The molecule has 0 aliphatic heterocycles. The summed E-state index contributed by atoms with van der Waals surface area (Å²) in [5, 5.41) is 0. The third-order valence-electron chi connectivity index (χ3n) is 1.75. The number of nitrogens with two attached hydrogens (primary N) is 1. The van der Waals surface area contributed by atoms with Gasteiger partial charge >= 0.3 is 6.18 Å². The smallest absolute Gasteiger partial charge is 0.368 e. The van der Waals surface area contributed by atoms with E-state index >= 15 is 0 Å². The number of imidazole rings is 1. The van der Waals surface area contributed by atoms with Crippen LogP contribution in [0.5, 0.6) is 0 Å². The van der Waals surface area contributed by atoms with E-state index in [-0.39, 0.29) is 0 Å². The number of aromatic nitrogens is 2. The zero-order valence-corrected chi connectivity index (χ0v) is 7.25. The molecule has 0 radical (unpaired) electrons. The van der Waals surface area contributed by atoms with Crippen molar-refractivity contribution in [3.63, 3.8) is 0 Å². The molecule has 0 fully saturated rings. The Balaban J connectivity index is 3.11. The van der Waals surface area contributed by atoms with Crippen LogP contribution in [0.1, 0.15) is 18.8 Å². The average molecular weight is 207 g/mol. The Morgan fingerprint density at radius 1 is 1.64 bits per heavy atom. The van der Waals surface area contributed by atoms with Crippen LogP contribution in [-0.4, -0.2) is 15.5 Å². The lowest BCUT2D eigenvalue weighted by atomic mass is 10.3. The van der Waals surface area contributed by atoms with Gasteiger partial charge in [0.15, 0.2) is 0 Å². The first-order valence-corrected chi connectivity index (χ1v) is 3.73. The highest BCUT2D eigenvalue weighted by atomic mass is 19.4. The Bertz CT molecular complexity index is 344. The standard InChI is InChI=1S/C7H8F3N3O/c1-4(5(11)14)13-3-2-12-6(13)7(8,9)10/h2-4H,1H3,(H2,11,14). The Hall–Kier alpha value is -1.53. The normalized spacial score (nSPS) is 14.0. The molecule has 1 amide bonds. The second-order valence-corrected chi connectivity index (χ2v) is 2.73. The Kier molecular flexibility index (Phi) is 2.50. The summed E-state index contributed by atoms with van der Waals surface area (Å²) in [4.78, 5) is 13.8. The largest absolute Gasteiger partial charge is 0.449 e. The molecule has 1 heterocycles. The molecule has 0 aliphatic rings. The van der Waals surface area contributed by atoms with Crippen LogP contribution < -0.4 is 5.73 Å². The fourth-order valence-corrected chi connectivity index (χ4v) is 0.982. The Labute approximate surface area is 77.5 Å². The summed E-state index contributed by atoms with van der Waals surface area (Å²) in [6, 6.07) is -1.06. The van der Waals surface area contributed by atoms with Crippen LogP contribution in [0.4, 0.5) is 13.2 Å². The maximum atomic E-state index is 12.3. The number of hydrogen-bond donors (Lipinski definition) is 1. The topological polar surface area (TPSA) is 60.9 Å². The number of amides is 1. The van der Waals surface area contributed by atoms with Gasteiger partial charge in [0.25, 0.3) is 0 Å². The molecule has 2 N–H and O–H groups in total. The number of carbonyl (C=O) groups is 1. The maximum absolute atomic E-state index is 12.3. The molecule has 4 nitrogen and oxygen atoms in total. The molecule has 0 bridgehead atoms. The molecule has 7 heteroatoms. The van der Waals surface area contributed by atoms with Crippen LogP contribution in [0.25, 0.3) is 0 Å². The number of rotatable bonds is 2. The van der Waals surface area contributed by atoms with Gasteiger partial charge < -0.3 is 10.3 Å². The van der Waals surface area contributed by atoms with Crippen LogP contribution in [0.3, 0.4) is 0 Å². The maximum Gasteiger partial charge on any atom is 0.449 e. The van der Waals surface area contributed by atoms with Crippen molar-refractivity contribution in [1.82, 2.24) is 9.55 Å². The summed E-state index contributed by atoms with van der Waals surface area (Å²) < 4.78 is 37.5. The van der Waals surface area contributed by atoms with E-state index in [9.17, 15) is 18.0 Å². The molecule has 1 aromatic rings. The minimum Gasteiger partial charge on any atom is -0.368 e. The highest BCUT2D eigenvalue weighted by Crippen LogP contribution is 2.29. The van der Waals surface area contributed by atoms with Gasteiger partial charge in [-0.3, -0.25) is 4.79 Å². The highest BCUT2D eigenvalue weighted by Gasteiger charge is 2.37. The first-order chi connectivity index (χ1) is 6.34. The first-order valence-electron chi connectivity index (χ1n) is 3.73. The van der Waals surface area contributed by atoms with E-state index < -0.39 is 23.9 Å². The molecule has 14 heavy (non-hydrogen) atoms. The van der Waals surface area contributed by atoms with Gasteiger partial charge in [0, 0.05) is 12.4 Å².